The van der Waals surface area contributed by atoms with E-state index in [1.54, 1.807) is 24.7 Å². The van der Waals surface area contributed by atoms with E-state index in [1.165, 1.54) is 47.0 Å². The Labute approximate surface area is 380 Å². The molecule has 4 heterocycles. The highest BCUT2D eigenvalue weighted by Crippen LogP contribution is 2.49. The molecule has 1 aromatic heterocycles. The zero-order valence-electron chi connectivity index (χ0n) is 40.1. The molecule has 64 heavy (non-hydrogen) atoms. The van der Waals surface area contributed by atoms with E-state index >= 15 is 0 Å². The highest BCUT2D eigenvalue weighted by molar-refractivity contribution is 5.91. The van der Waals surface area contributed by atoms with Crippen molar-refractivity contribution in [1.82, 2.24) is 15.0 Å². The maximum atomic E-state index is 13.7. The molecule has 15 heteroatoms. The second-order valence-corrected chi connectivity index (χ2v) is 19.5. The van der Waals surface area contributed by atoms with Gasteiger partial charge in [0.15, 0.2) is 17.3 Å². The van der Waals surface area contributed by atoms with E-state index in [1.807, 2.05) is 39.0 Å². The molecule has 2 fully saturated rings. The summed E-state index contributed by atoms with van der Waals surface area (Å²) in [7, 11) is 1.29. The minimum Gasteiger partial charge on any atom is -0.464 e. The Balaban J connectivity index is 1.66. The van der Waals surface area contributed by atoms with Crippen molar-refractivity contribution in [3.8, 4) is 0 Å². The fourth-order valence-electron chi connectivity index (χ4n) is 9.81. The number of fused-ring (bicyclic) bond motifs is 2. The van der Waals surface area contributed by atoms with Gasteiger partial charge in [-0.3, -0.25) is 9.59 Å². The number of aromatic nitrogens is 3. The number of aliphatic hydroxyl groups is 4. The van der Waals surface area contributed by atoms with Crippen LogP contribution in [0.25, 0.3) is 0 Å². The fraction of sp³-hybridized carbons (Fsp3) is 0.755. The highest BCUT2D eigenvalue weighted by Gasteiger charge is 2.56. The number of aliphatic hydroxyl groups excluding tert-OH is 3. The highest BCUT2D eigenvalue weighted by atomic mass is 16.7. The van der Waals surface area contributed by atoms with Crippen LogP contribution in [0.3, 0.4) is 0 Å². The number of methoxy groups -OCH3 is 1. The van der Waals surface area contributed by atoms with E-state index in [9.17, 15) is 39.6 Å². The van der Waals surface area contributed by atoms with Gasteiger partial charge >= 0.3 is 11.9 Å². The first-order chi connectivity index (χ1) is 30.0. The molecule has 4 rings (SSSR count). The minimum absolute atomic E-state index is 0.115. The number of Topliss-reactive ketones (excluding diaryl/α,β-unsaturated/α-hetero) is 2. The number of hydrogen-bond donors (Lipinski definition) is 4. The topological polar surface area (TPSA) is 217 Å². The largest absolute Gasteiger partial charge is 0.464 e. The van der Waals surface area contributed by atoms with Crippen LogP contribution in [0, 0.1) is 53.3 Å². The van der Waals surface area contributed by atoms with E-state index in [-0.39, 0.29) is 47.6 Å². The van der Waals surface area contributed by atoms with E-state index in [0.717, 1.165) is 19.3 Å². The van der Waals surface area contributed by atoms with Gasteiger partial charge in [0.05, 0.1) is 49.9 Å². The summed E-state index contributed by atoms with van der Waals surface area (Å²) in [6, 6.07) is -0.177. The summed E-state index contributed by atoms with van der Waals surface area (Å²) in [5.41, 5.74) is -2.09. The molecule has 0 saturated carbocycles. The standard InChI is InChI=1S/C49H77N3O12/c1-13-36-18-16-14-15-17-29(4)45(57)48(11,60)46(58)34(9)43(56)33(8)42(55)32(7)41(54)28(3)19-22-40(53)62-44-31(6)38(21-20-36)63-49(35(44)10)24-23-27(2)39(64-49)25-30(5)52-26-37(50-51-52)47(59)61-12/h14-16,18-19,22,26-36,38-39,41,43-45,54,56-57,60H,13,17,20-21,23-25H2,1-12H3/b15-14+,18-16+,22-19+/t27-,28-,29+,30-,31+,32-,33-,34-,35-,36-,38-,39-,41+,43+,44+,45-,48+,49-/m0/s1. The van der Waals surface area contributed by atoms with Crippen LogP contribution in [0.15, 0.2) is 42.7 Å². The SMILES string of the molecule is CC[C@H]1/C=C/C=C/C[C@@H](C)[C@H](O)[C@@](C)(O)C(=O)[C@@H](C)[C@H](O)[C@@H](C)C(=O)[C@@H](C)[C@H](O)[C@@H](C)/C=C/C(=O)O[C@@H]2[C@H](C)[C@H](CC1)O[C@]1(CC[C@H](C)[C@H](C[C@H](C)n3cc(C(=O)OC)nn3)O1)[C@H]2C. The van der Waals surface area contributed by atoms with E-state index in [0.29, 0.717) is 25.7 Å². The first-order valence-corrected chi connectivity index (χ1v) is 23.4. The molecule has 0 aromatic carbocycles. The monoisotopic (exact) mass is 900 g/mol. The number of ether oxygens (including phenoxy) is 4. The van der Waals surface area contributed by atoms with Gasteiger partial charge in [-0.1, -0.05) is 97.9 Å². The Bertz CT molecular complexity index is 1830. The molecular weight excluding hydrogens is 823 g/mol. The van der Waals surface area contributed by atoms with Gasteiger partial charge in [0.1, 0.15) is 17.5 Å². The van der Waals surface area contributed by atoms with Gasteiger partial charge in [0, 0.05) is 48.0 Å². The summed E-state index contributed by atoms with van der Waals surface area (Å²) in [6.07, 6.45) is 11.4. The number of hydrogen-bond acceptors (Lipinski definition) is 14. The molecule has 1 aromatic rings. The molecule has 360 valence electrons. The first-order valence-electron chi connectivity index (χ1n) is 23.4. The van der Waals surface area contributed by atoms with E-state index in [4.69, 9.17) is 18.9 Å². The Morgan fingerprint density at radius 3 is 2.25 bits per heavy atom. The third-order valence-electron chi connectivity index (χ3n) is 14.8. The van der Waals surface area contributed by atoms with Crippen LogP contribution >= 0.6 is 0 Å². The summed E-state index contributed by atoms with van der Waals surface area (Å²) in [5, 5.41) is 53.2. The summed E-state index contributed by atoms with van der Waals surface area (Å²) >= 11 is 0. The molecular formula is C49H77N3O12. The van der Waals surface area contributed by atoms with Crippen molar-refractivity contribution in [2.75, 3.05) is 7.11 Å². The van der Waals surface area contributed by atoms with Crippen molar-refractivity contribution >= 4 is 23.5 Å². The van der Waals surface area contributed by atoms with Gasteiger partial charge in [-0.2, -0.15) is 0 Å². The van der Waals surface area contributed by atoms with Crippen LogP contribution in [0.2, 0.25) is 0 Å². The normalized spacial score (nSPS) is 42.3. The average molecular weight is 900 g/mol. The molecule has 0 amide bonds. The van der Waals surface area contributed by atoms with Gasteiger partial charge in [-0.15, -0.1) is 5.10 Å². The predicted molar refractivity (Wildman–Crippen MR) is 239 cm³/mol. The lowest BCUT2D eigenvalue weighted by molar-refractivity contribution is -0.370. The lowest BCUT2D eigenvalue weighted by Gasteiger charge is -2.55. The van der Waals surface area contributed by atoms with Crippen LogP contribution in [0.4, 0.5) is 0 Å². The minimum atomic E-state index is -2.20. The Morgan fingerprint density at radius 2 is 1.59 bits per heavy atom. The number of carbonyl (C=O) groups excluding carboxylic acids is 4. The summed E-state index contributed by atoms with van der Waals surface area (Å²) in [5.74, 6) is -8.25. The third-order valence-corrected chi connectivity index (χ3v) is 14.8. The van der Waals surface area contributed by atoms with Crippen molar-refractivity contribution in [2.24, 2.45) is 53.3 Å². The maximum Gasteiger partial charge on any atom is 0.360 e. The van der Waals surface area contributed by atoms with Crippen molar-refractivity contribution in [1.29, 1.82) is 0 Å². The summed E-state index contributed by atoms with van der Waals surface area (Å²) in [6.45, 7) is 19.3. The number of nitrogens with zero attached hydrogens (tertiary/aromatic N) is 3. The molecule has 0 radical (unpaired) electrons. The molecule has 15 nitrogen and oxygen atoms in total. The molecule has 3 aliphatic heterocycles. The second kappa shape index (κ2) is 22.7. The molecule has 0 aliphatic carbocycles. The van der Waals surface area contributed by atoms with Crippen LogP contribution in [-0.4, -0.2) is 114 Å². The fourth-order valence-corrected chi connectivity index (χ4v) is 9.81. The van der Waals surface area contributed by atoms with Crippen molar-refractivity contribution in [3.05, 3.63) is 48.3 Å². The molecule has 3 aliphatic rings. The lowest BCUT2D eigenvalue weighted by Crippen LogP contribution is -2.62. The Kier molecular flexibility index (Phi) is 18.8. The molecule has 2 bridgehead atoms. The Hall–Kier alpha value is -3.60. The quantitative estimate of drug-likeness (QED) is 0.244. The molecule has 18 atom stereocenters. The number of esters is 2. The molecule has 1 spiro atoms. The third kappa shape index (κ3) is 12.2. The van der Waals surface area contributed by atoms with Gasteiger partial charge in [0.25, 0.3) is 0 Å². The van der Waals surface area contributed by atoms with E-state index in [2.05, 4.69) is 30.2 Å². The van der Waals surface area contributed by atoms with Crippen molar-refractivity contribution in [3.63, 3.8) is 0 Å². The molecule has 2 saturated heterocycles. The number of ketones is 2. The second-order valence-electron chi connectivity index (χ2n) is 19.5. The van der Waals surface area contributed by atoms with Gasteiger partial charge in [0.2, 0.25) is 0 Å². The first kappa shape index (κ1) is 53.0. The Morgan fingerprint density at radius 1 is 0.922 bits per heavy atom. The maximum absolute atomic E-state index is 13.7. The number of rotatable bonds is 5. The number of carbonyl (C=O) groups is 4. The average Bonchev–Trinajstić information content (AvgIpc) is 3.78. The van der Waals surface area contributed by atoms with Gasteiger partial charge in [-0.25, -0.2) is 14.3 Å². The van der Waals surface area contributed by atoms with Crippen LogP contribution < -0.4 is 0 Å². The predicted octanol–water partition coefficient (Wildman–Crippen LogP) is 6.14. The smallest absolute Gasteiger partial charge is 0.360 e. The molecule has 4 N–H and O–H groups in total. The molecule has 0 unspecified atom stereocenters. The summed E-state index contributed by atoms with van der Waals surface area (Å²) < 4.78 is 26.9. The van der Waals surface area contributed by atoms with E-state index < -0.39 is 88.9 Å². The van der Waals surface area contributed by atoms with Crippen molar-refractivity contribution in [2.45, 2.75) is 175 Å². The zero-order chi connectivity index (χ0) is 47.8. The lowest BCUT2D eigenvalue weighted by atomic mass is 9.74. The van der Waals surface area contributed by atoms with Crippen LogP contribution in [0.1, 0.15) is 138 Å². The van der Waals surface area contributed by atoms with Crippen LogP contribution in [0.5, 0.6) is 0 Å². The van der Waals surface area contributed by atoms with Crippen LogP contribution in [-0.2, 0) is 33.3 Å². The number of allylic oxidation sites excluding steroid dienone is 4. The summed E-state index contributed by atoms with van der Waals surface area (Å²) in [4.78, 5) is 53.0. The zero-order valence-corrected chi connectivity index (χ0v) is 40.1. The van der Waals surface area contributed by atoms with Gasteiger partial charge < -0.3 is 39.4 Å². The van der Waals surface area contributed by atoms with Gasteiger partial charge in [-0.05, 0) is 70.1 Å². The van der Waals surface area contributed by atoms with Crippen molar-refractivity contribution < 1.29 is 58.6 Å².